The number of hydrogen-bond acceptors (Lipinski definition) is 23. The summed E-state index contributed by atoms with van der Waals surface area (Å²) in [4.78, 5) is 0. The molecule has 0 aliphatic carbocycles. The summed E-state index contributed by atoms with van der Waals surface area (Å²) in [5.74, 6) is 0. The predicted octanol–water partition coefficient (Wildman–Crippen LogP) is -7.17. The van der Waals surface area contributed by atoms with E-state index >= 15 is 0 Å². The molecule has 0 aromatic rings. The van der Waals surface area contributed by atoms with Gasteiger partial charge in [-0.3, -0.25) is 0 Å². The van der Waals surface area contributed by atoms with E-state index in [1.807, 2.05) is 0 Å². The van der Waals surface area contributed by atoms with E-state index in [2.05, 4.69) is 6.58 Å². The van der Waals surface area contributed by atoms with Gasteiger partial charge in [-0.05, 0) is 20.3 Å². The van der Waals surface area contributed by atoms with Crippen LogP contribution in [0.4, 0.5) is 0 Å². The van der Waals surface area contributed by atoms with Gasteiger partial charge in [-0.25, -0.2) is 0 Å². The van der Waals surface area contributed by atoms with Gasteiger partial charge >= 0.3 is 0 Å². The standard InChI is InChI=1S/C35H60NO23.Ac/c1-4-6-51-33-27(49)30(22(44)15(9-38)54-33)58-32-17(36)29(50-7-5-13-20(42)23(45)18(40)11(2)52-13)28(16(10-39)56-32)57-35-31(25(47)21(43)14(8-37)55-35)59-34-26(48)24(46)19(41)12(3)53-34;/h4,11-49H,1,5-10H2,2-3H3;/q-1;/t11?,12?,13-,14?,15?,16?,17?,18+,19+,20?,21-,22-,23?,24?,25?,26?,27?,28+,29?,30?,31?,32-,33+,34-,35-;/m0./s1. The number of nitrogens with one attached hydrogen (secondary N) is 1. The topological polar surface area (TPSA) is 379 Å². The van der Waals surface area contributed by atoms with E-state index < -0.39 is 173 Å². The molecule has 5 aliphatic heterocycles. The summed E-state index contributed by atoms with van der Waals surface area (Å²) in [6.45, 7) is 3.41. The SMILES string of the molecule is C=CCO[C@@H]1OC(CO)[C@H](O)C(O[C@@H]2OC(CO)[C@@H](O[C@@H]3OC(CO)[C@H](O)C(O)C3O[C@@H]3OC(C)[C@@H](O)C(O)C3O)C(OCC[C@@H]3OC(C)[C@@H](O)C(O)C3O)C2[NH-])C1O.[Ac]. The molecule has 14 N–H and O–H groups in total. The minimum Gasteiger partial charge on any atom is -0.668 e. The molecule has 0 spiro atoms. The van der Waals surface area contributed by atoms with Crippen molar-refractivity contribution in [2.75, 3.05) is 33.0 Å². The maximum Gasteiger partial charge on any atom is 0.187 e. The van der Waals surface area contributed by atoms with Crippen molar-refractivity contribution in [3.8, 4) is 0 Å². The maximum absolute atomic E-state index is 11.2. The Bertz CT molecular complexity index is 1300. The van der Waals surface area contributed by atoms with Crippen LogP contribution in [-0.2, 0) is 47.4 Å². The third kappa shape index (κ3) is 11.6. The molecule has 347 valence electrons. The predicted molar refractivity (Wildman–Crippen MR) is 189 cm³/mol. The first-order chi connectivity index (χ1) is 28.0. The summed E-state index contributed by atoms with van der Waals surface area (Å²) >= 11 is 0. The van der Waals surface area contributed by atoms with Gasteiger partial charge in [0.2, 0.25) is 0 Å². The normalized spacial score (nSPS) is 50.2. The summed E-state index contributed by atoms with van der Waals surface area (Å²) in [6.07, 6.45) is -36.6. The quantitative estimate of drug-likeness (QED) is 0.0639. The van der Waals surface area contributed by atoms with Crippen molar-refractivity contribution < 1.29 is 158 Å². The first-order valence-corrected chi connectivity index (χ1v) is 19.4. The van der Waals surface area contributed by atoms with E-state index in [1.165, 1.54) is 19.9 Å². The van der Waals surface area contributed by atoms with E-state index in [4.69, 9.17) is 47.4 Å². The molecule has 0 aromatic carbocycles. The molecule has 0 aromatic heterocycles. The number of rotatable bonds is 16. The zero-order chi connectivity index (χ0) is 43.5. The van der Waals surface area contributed by atoms with Crippen LogP contribution in [0.1, 0.15) is 20.3 Å². The Morgan fingerprint density at radius 1 is 0.483 bits per heavy atom. The van der Waals surface area contributed by atoms with Gasteiger partial charge in [-0.15, -0.1) is 6.58 Å². The van der Waals surface area contributed by atoms with Crippen LogP contribution >= 0.6 is 0 Å². The van der Waals surface area contributed by atoms with Gasteiger partial charge in [0, 0.05) is 50.7 Å². The first-order valence-electron chi connectivity index (χ1n) is 19.4. The van der Waals surface area contributed by atoms with Crippen molar-refractivity contribution in [3.05, 3.63) is 18.4 Å². The third-order valence-electron chi connectivity index (χ3n) is 11.2. The summed E-state index contributed by atoms with van der Waals surface area (Å²) in [5, 5.41) is 137. The zero-order valence-electron chi connectivity index (χ0n) is 32.9. The Labute approximate surface area is 380 Å². The van der Waals surface area contributed by atoms with E-state index in [9.17, 15) is 72.1 Å². The summed E-state index contributed by atoms with van der Waals surface area (Å²) in [7, 11) is 0. The van der Waals surface area contributed by atoms with Crippen LogP contribution in [0.5, 0.6) is 0 Å². The molecule has 25 heteroatoms. The van der Waals surface area contributed by atoms with Crippen LogP contribution in [0.2, 0.25) is 0 Å². The molecule has 5 fully saturated rings. The molecule has 5 saturated heterocycles. The Morgan fingerprint density at radius 2 is 1.00 bits per heavy atom. The van der Waals surface area contributed by atoms with Crippen molar-refractivity contribution in [1.82, 2.24) is 0 Å². The molecule has 0 bridgehead atoms. The second kappa shape index (κ2) is 23.6. The fraction of sp³-hybridized carbons (Fsp3) is 0.943. The largest absolute Gasteiger partial charge is 0.668 e. The molecule has 5 aliphatic rings. The van der Waals surface area contributed by atoms with E-state index in [0.29, 0.717) is 0 Å². The Kier molecular flexibility index (Phi) is 20.8. The number of aliphatic hydroxyl groups is 13. The molecule has 5 rings (SSSR count). The van der Waals surface area contributed by atoms with Gasteiger partial charge in [0.25, 0.3) is 0 Å². The van der Waals surface area contributed by atoms with Gasteiger partial charge in [-0.2, -0.15) is 0 Å². The van der Waals surface area contributed by atoms with Crippen LogP contribution in [-0.4, -0.2) is 253 Å². The van der Waals surface area contributed by atoms with Crippen LogP contribution in [0.3, 0.4) is 0 Å². The average Bonchev–Trinajstić information content (AvgIpc) is 3.22. The van der Waals surface area contributed by atoms with Gasteiger partial charge in [-0.1, -0.05) is 12.1 Å². The molecule has 25 atom stereocenters. The van der Waals surface area contributed by atoms with Crippen molar-refractivity contribution in [2.24, 2.45) is 0 Å². The molecular formula is C35H60AcNO23-. The number of hydrogen-bond donors (Lipinski definition) is 13. The molecule has 0 amide bonds. The fourth-order valence-electron chi connectivity index (χ4n) is 7.64. The molecule has 60 heavy (non-hydrogen) atoms. The van der Waals surface area contributed by atoms with Crippen molar-refractivity contribution >= 4 is 0 Å². The van der Waals surface area contributed by atoms with Crippen LogP contribution in [0.25, 0.3) is 5.73 Å². The molecule has 1 radical (unpaired) electrons. The van der Waals surface area contributed by atoms with Gasteiger partial charge in [0.05, 0.1) is 50.8 Å². The van der Waals surface area contributed by atoms with Crippen LogP contribution < -0.4 is 0 Å². The second-order valence-corrected chi connectivity index (χ2v) is 15.2. The summed E-state index contributed by atoms with van der Waals surface area (Å²) in [5.41, 5.74) is 9.27. The molecular weight excluding hydrogens is 1030 g/mol. The van der Waals surface area contributed by atoms with Crippen LogP contribution in [0.15, 0.2) is 12.7 Å². The summed E-state index contributed by atoms with van der Waals surface area (Å²) < 4.78 is 57.9. The Hall–Kier alpha value is 0.222. The monoisotopic (exact) mass is 1090 g/mol. The van der Waals surface area contributed by atoms with Gasteiger partial charge in [0.1, 0.15) is 104 Å². The molecule has 24 nitrogen and oxygen atoms in total. The molecule has 0 saturated carbocycles. The molecule has 15 unspecified atom stereocenters. The van der Waals surface area contributed by atoms with E-state index in [1.54, 1.807) is 0 Å². The Balaban J connectivity index is 0.00000794. The van der Waals surface area contributed by atoms with Crippen molar-refractivity contribution in [3.63, 3.8) is 0 Å². The zero-order valence-corrected chi connectivity index (χ0v) is 37.7. The average molecular weight is 1090 g/mol. The maximum atomic E-state index is 11.2. The summed E-state index contributed by atoms with van der Waals surface area (Å²) in [6, 6.07) is -1.72. The molecule has 5 heterocycles. The number of ether oxygens (including phenoxy) is 10. The second-order valence-electron chi connectivity index (χ2n) is 15.2. The van der Waals surface area contributed by atoms with Crippen molar-refractivity contribution in [1.29, 1.82) is 0 Å². The smallest absolute Gasteiger partial charge is 0.187 e. The van der Waals surface area contributed by atoms with Crippen LogP contribution in [0, 0.1) is 44.1 Å². The van der Waals surface area contributed by atoms with E-state index in [-0.39, 0.29) is 63.7 Å². The van der Waals surface area contributed by atoms with Gasteiger partial charge < -0.3 is 119 Å². The Morgan fingerprint density at radius 3 is 1.62 bits per heavy atom. The van der Waals surface area contributed by atoms with Gasteiger partial charge in [0.15, 0.2) is 18.9 Å². The first kappa shape index (κ1) is 52.8. The minimum atomic E-state index is -1.94. The van der Waals surface area contributed by atoms with Crippen molar-refractivity contribution in [2.45, 2.75) is 174 Å². The minimum absolute atomic E-state index is 0. The fourth-order valence-corrected chi connectivity index (χ4v) is 7.64. The van der Waals surface area contributed by atoms with E-state index in [0.717, 1.165) is 0 Å². The third-order valence-corrected chi connectivity index (χ3v) is 11.2. The number of aliphatic hydroxyl groups excluding tert-OH is 13.